The van der Waals surface area contributed by atoms with Crippen LogP contribution in [0.5, 0.6) is 11.5 Å². The minimum Gasteiger partial charge on any atom is -0.493 e. The van der Waals surface area contributed by atoms with Crippen LogP contribution < -0.4 is 14.8 Å². The minimum atomic E-state index is -1.04. The number of anilines is 1. The standard InChI is InChI=1S/C36H31N3O5S/c1-21-32-33(23-14-15-29(30(19-23)43-2)44-20-22-9-4-3-5-10-22)34-26(17-24(18-28(34)40)31-13-8-16-45-31)37-35(32)39(38-21)27-12-7-6-11-25(27)36(41)42/h3-16,19,24,33,37H,17-18,20H2,1-2H3,(H,41,42)/t24-,33-/m0/s1. The number of benzene rings is 3. The maximum absolute atomic E-state index is 14.1. The molecule has 0 amide bonds. The number of carboxylic acids is 1. The summed E-state index contributed by atoms with van der Waals surface area (Å²) in [6.45, 7) is 2.29. The summed E-state index contributed by atoms with van der Waals surface area (Å²) in [6, 6.07) is 26.6. The Labute approximate surface area is 264 Å². The van der Waals surface area contributed by atoms with Gasteiger partial charge in [0.1, 0.15) is 12.4 Å². The lowest BCUT2D eigenvalue weighted by Gasteiger charge is -2.35. The Bertz CT molecular complexity index is 1940. The highest BCUT2D eigenvalue weighted by molar-refractivity contribution is 7.10. The monoisotopic (exact) mass is 617 g/mol. The van der Waals surface area contributed by atoms with Crippen molar-refractivity contribution in [2.45, 2.75) is 38.2 Å². The van der Waals surface area contributed by atoms with Crippen molar-refractivity contribution >= 4 is 28.9 Å². The molecule has 1 aliphatic heterocycles. The molecule has 3 heterocycles. The van der Waals surface area contributed by atoms with Gasteiger partial charge in [0.25, 0.3) is 0 Å². The highest BCUT2D eigenvalue weighted by atomic mass is 32.1. The van der Waals surface area contributed by atoms with E-state index in [9.17, 15) is 14.7 Å². The molecule has 3 aromatic carbocycles. The Morgan fingerprint density at radius 2 is 1.82 bits per heavy atom. The Kier molecular flexibility index (Phi) is 7.47. The van der Waals surface area contributed by atoms with Crippen LogP contribution in [0.25, 0.3) is 5.69 Å². The van der Waals surface area contributed by atoms with E-state index >= 15 is 0 Å². The van der Waals surface area contributed by atoms with Gasteiger partial charge in [0.05, 0.1) is 24.1 Å². The van der Waals surface area contributed by atoms with Crippen LogP contribution in [0.1, 0.15) is 62.3 Å². The van der Waals surface area contributed by atoms with Gasteiger partial charge in [-0.2, -0.15) is 5.10 Å². The topological polar surface area (TPSA) is 103 Å². The number of aromatic nitrogens is 2. The molecule has 0 saturated heterocycles. The third-order valence-electron chi connectivity index (χ3n) is 8.53. The molecule has 2 atom stereocenters. The fourth-order valence-corrected chi connectivity index (χ4v) is 7.30. The number of fused-ring (bicyclic) bond motifs is 1. The first-order valence-corrected chi connectivity index (χ1v) is 15.6. The number of ether oxygens (including phenoxy) is 2. The van der Waals surface area contributed by atoms with Gasteiger partial charge < -0.3 is 19.9 Å². The number of carbonyl (C=O) groups excluding carboxylic acids is 1. The third-order valence-corrected chi connectivity index (χ3v) is 9.56. The number of hydrogen-bond donors (Lipinski definition) is 2. The zero-order valence-electron chi connectivity index (χ0n) is 24.8. The van der Waals surface area contributed by atoms with Crippen LogP contribution in [0.15, 0.2) is 102 Å². The first-order chi connectivity index (χ1) is 21.9. The number of carboxylic acid groups (broad SMARTS) is 1. The average molecular weight is 618 g/mol. The van der Waals surface area contributed by atoms with Crippen LogP contribution in [0.4, 0.5) is 5.82 Å². The van der Waals surface area contributed by atoms with Gasteiger partial charge in [0.15, 0.2) is 17.3 Å². The number of nitrogens with zero attached hydrogens (tertiary/aromatic N) is 2. The molecule has 0 radical (unpaired) electrons. The predicted octanol–water partition coefficient (Wildman–Crippen LogP) is 7.49. The number of hydrogen-bond acceptors (Lipinski definition) is 7. The number of para-hydroxylation sites is 1. The number of allylic oxidation sites excluding steroid dienone is 2. The SMILES string of the molecule is COc1cc([C@@H]2C3=C(C[C@H](c4cccs4)CC3=O)Nc3c2c(C)nn3-c2ccccc2C(=O)O)ccc1OCc1ccccc1. The molecule has 5 aromatic rings. The van der Waals surface area contributed by atoms with E-state index < -0.39 is 11.9 Å². The van der Waals surface area contributed by atoms with E-state index in [1.54, 1.807) is 47.4 Å². The molecule has 0 unspecified atom stereocenters. The molecule has 2 aromatic heterocycles. The fourth-order valence-electron chi connectivity index (χ4n) is 6.47. The molecule has 0 saturated carbocycles. The van der Waals surface area contributed by atoms with E-state index in [1.807, 2.05) is 66.9 Å². The molecule has 226 valence electrons. The molecule has 8 nitrogen and oxygen atoms in total. The van der Waals surface area contributed by atoms with Gasteiger partial charge in [0.2, 0.25) is 0 Å². The first-order valence-electron chi connectivity index (χ1n) is 14.8. The second-order valence-corrected chi connectivity index (χ2v) is 12.2. The van der Waals surface area contributed by atoms with E-state index in [2.05, 4.69) is 11.4 Å². The van der Waals surface area contributed by atoms with Gasteiger partial charge in [-0.15, -0.1) is 11.3 Å². The molecule has 0 bridgehead atoms. The van der Waals surface area contributed by atoms with Crippen LogP contribution in [0.2, 0.25) is 0 Å². The van der Waals surface area contributed by atoms with Crippen molar-refractivity contribution in [3.05, 3.63) is 134 Å². The number of nitrogens with one attached hydrogen (secondary N) is 1. The van der Waals surface area contributed by atoms with E-state index in [-0.39, 0.29) is 17.3 Å². The Balaban J connectivity index is 1.36. The molecule has 0 fully saturated rings. The third kappa shape index (κ3) is 5.19. The summed E-state index contributed by atoms with van der Waals surface area (Å²) in [5.74, 6) is 0.484. The molecular formula is C36H31N3O5S. The number of ketones is 1. The molecule has 45 heavy (non-hydrogen) atoms. The van der Waals surface area contributed by atoms with Gasteiger partial charge >= 0.3 is 5.97 Å². The lowest BCUT2D eigenvalue weighted by molar-refractivity contribution is -0.116. The summed E-state index contributed by atoms with van der Waals surface area (Å²) < 4.78 is 13.6. The summed E-state index contributed by atoms with van der Waals surface area (Å²) in [5.41, 5.74) is 5.57. The zero-order chi connectivity index (χ0) is 31.1. The number of aryl methyl sites for hydroxylation is 1. The van der Waals surface area contributed by atoms with Crippen LogP contribution in [0.3, 0.4) is 0 Å². The van der Waals surface area contributed by atoms with Crippen molar-refractivity contribution in [2.24, 2.45) is 0 Å². The van der Waals surface area contributed by atoms with Crippen LogP contribution >= 0.6 is 11.3 Å². The molecule has 7 rings (SSSR count). The second kappa shape index (κ2) is 11.7. The van der Waals surface area contributed by atoms with E-state index in [4.69, 9.17) is 14.6 Å². The Morgan fingerprint density at radius 3 is 2.58 bits per heavy atom. The molecule has 1 aliphatic carbocycles. The van der Waals surface area contributed by atoms with Crippen LogP contribution in [-0.2, 0) is 11.4 Å². The van der Waals surface area contributed by atoms with Crippen LogP contribution in [-0.4, -0.2) is 33.7 Å². The van der Waals surface area contributed by atoms with Crippen molar-refractivity contribution in [1.29, 1.82) is 0 Å². The highest BCUT2D eigenvalue weighted by Crippen LogP contribution is 2.51. The van der Waals surface area contributed by atoms with Gasteiger partial charge in [-0.1, -0.05) is 54.6 Å². The van der Waals surface area contributed by atoms with Gasteiger partial charge in [0, 0.05) is 40.0 Å². The number of rotatable bonds is 8. The Morgan fingerprint density at radius 1 is 1.02 bits per heavy atom. The highest BCUT2D eigenvalue weighted by Gasteiger charge is 2.42. The summed E-state index contributed by atoms with van der Waals surface area (Å²) in [6.07, 6.45) is 1.06. The molecular weight excluding hydrogens is 586 g/mol. The zero-order valence-corrected chi connectivity index (χ0v) is 25.6. The number of Topliss-reactive ketones (excluding diaryl/α,β-unsaturated/α-hetero) is 1. The lowest BCUT2D eigenvalue weighted by Crippen LogP contribution is -2.30. The van der Waals surface area contributed by atoms with E-state index in [0.29, 0.717) is 53.7 Å². The predicted molar refractivity (Wildman–Crippen MR) is 173 cm³/mol. The molecule has 0 spiro atoms. The van der Waals surface area contributed by atoms with Crippen LogP contribution in [0, 0.1) is 6.92 Å². The number of aromatic carboxylic acids is 1. The van der Waals surface area contributed by atoms with Crippen molar-refractivity contribution in [3.8, 4) is 17.2 Å². The number of methoxy groups -OCH3 is 1. The van der Waals surface area contributed by atoms with Crippen molar-refractivity contribution in [3.63, 3.8) is 0 Å². The van der Waals surface area contributed by atoms with Gasteiger partial charge in [-0.3, -0.25) is 4.79 Å². The molecule has 2 aliphatic rings. The van der Waals surface area contributed by atoms with Gasteiger partial charge in [-0.05, 0) is 60.2 Å². The summed E-state index contributed by atoms with van der Waals surface area (Å²) >= 11 is 1.66. The van der Waals surface area contributed by atoms with E-state index in [1.165, 1.54) is 4.88 Å². The largest absolute Gasteiger partial charge is 0.493 e. The summed E-state index contributed by atoms with van der Waals surface area (Å²) in [5, 5.41) is 20.4. The smallest absolute Gasteiger partial charge is 0.337 e. The summed E-state index contributed by atoms with van der Waals surface area (Å²) in [7, 11) is 1.61. The molecule has 2 N–H and O–H groups in total. The first kappa shape index (κ1) is 28.6. The fraction of sp³-hybridized carbons (Fsp3) is 0.194. The van der Waals surface area contributed by atoms with E-state index in [0.717, 1.165) is 22.4 Å². The maximum atomic E-state index is 14.1. The normalized spacial score (nSPS) is 17.3. The average Bonchev–Trinajstić information content (AvgIpc) is 3.72. The Hall–Kier alpha value is -5.15. The molecule has 9 heteroatoms. The van der Waals surface area contributed by atoms with Crippen molar-refractivity contribution < 1.29 is 24.2 Å². The van der Waals surface area contributed by atoms with Crippen molar-refractivity contribution in [2.75, 3.05) is 12.4 Å². The van der Waals surface area contributed by atoms with Gasteiger partial charge in [-0.25, -0.2) is 9.48 Å². The summed E-state index contributed by atoms with van der Waals surface area (Å²) in [4.78, 5) is 27.5. The quantitative estimate of drug-likeness (QED) is 0.186. The van der Waals surface area contributed by atoms with Crippen molar-refractivity contribution in [1.82, 2.24) is 9.78 Å². The maximum Gasteiger partial charge on any atom is 0.337 e. The lowest BCUT2D eigenvalue weighted by atomic mass is 9.73. The number of thiophene rings is 1. The number of carbonyl (C=O) groups is 2. The minimum absolute atomic E-state index is 0.0537. The second-order valence-electron chi connectivity index (χ2n) is 11.3.